The number of hydrogen-bond donors (Lipinski definition) is 1. The van der Waals surface area contributed by atoms with Crippen LogP contribution in [-0.4, -0.2) is 30.1 Å². The number of alkyl carbamates (subject to hydrolysis) is 1. The molecule has 126 valence electrons. The third kappa shape index (κ3) is 7.49. The Morgan fingerprint density at radius 1 is 1.26 bits per heavy atom. The average molecular weight is 319 g/mol. The molecule has 1 rings (SSSR count). The molecule has 1 aromatic carbocycles. The van der Waals surface area contributed by atoms with E-state index >= 15 is 0 Å². The SMILES string of the molecule is C=CCOc1ccc(C[C@H](NC(=O)OC(C)(C)C)C(C)=O)cc1. The van der Waals surface area contributed by atoms with Gasteiger partial charge < -0.3 is 14.8 Å². The quantitative estimate of drug-likeness (QED) is 0.783. The number of carbonyl (C=O) groups is 2. The van der Waals surface area contributed by atoms with E-state index in [0.717, 1.165) is 11.3 Å². The molecule has 0 aliphatic heterocycles. The van der Waals surface area contributed by atoms with Crippen molar-refractivity contribution in [2.45, 2.75) is 45.8 Å². The van der Waals surface area contributed by atoms with Gasteiger partial charge in [0.05, 0.1) is 6.04 Å². The van der Waals surface area contributed by atoms with E-state index in [-0.39, 0.29) is 5.78 Å². The van der Waals surface area contributed by atoms with Gasteiger partial charge in [-0.2, -0.15) is 0 Å². The smallest absolute Gasteiger partial charge is 0.408 e. The second-order valence-corrected chi connectivity index (χ2v) is 6.26. The van der Waals surface area contributed by atoms with Crippen LogP contribution >= 0.6 is 0 Å². The van der Waals surface area contributed by atoms with Crippen molar-refractivity contribution in [3.63, 3.8) is 0 Å². The summed E-state index contributed by atoms with van der Waals surface area (Å²) in [5, 5.41) is 2.62. The molecule has 23 heavy (non-hydrogen) atoms. The number of nitrogens with one attached hydrogen (secondary N) is 1. The Morgan fingerprint density at radius 3 is 2.35 bits per heavy atom. The Kier molecular flexibility index (Phi) is 6.82. The highest BCUT2D eigenvalue weighted by Gasteiger charge is 2.22. The van der Waals surface area contributed by atoms with Crippen molar-refractivity contribution in [1.29, 1.82) is 0 Å². The lowest BCUT2D eigenvalue weighted by atomic mass is 10.0. The summed E-state index contributed by atoms with van der Waals surface area (Å²) < 4.78 is 10.6. The molecule has 0 radical (unpaired) electrons. The first-order valence-corrected chi connectivity index (χ1v) is 7.54. The highest BCUT2D eigenvalue weighted by molar-refractivity contribution is 5.85. The molecular formula is C18H25NO4. The fraction of sp³-hybridized carbons (Fsp3) is 0.444. The van der Waals surface area contributed by atoms with Gasteiger partial charge in [-0.25, -0.2) is 4.79 Å². The van der Waals surface area contributed by atoms with Crippen LogP contribution in [0.1, 0.15) is 33.3 Å². The van der Waals surface area contributed by atoms with E-state index in [1.54, 1.807) is 26.8 Å². The zero-order chi connectivity index (χ0) is 17.5. The second-order valence-electron chi connectivity index (χ2n) is 6.26. The van der Waals surface area contributed by atoms with Crippen molar-refractivity contribution in [3.8, 4) is 5.75 Å². The van der Waals surface area contributed by atoms with Crippen molar-refractivity contribution in [1.82, 2.24) is 5.32 Å². The first-order valence-electron chi connectivity index (χ1n) is 7.54. The molecular weight excluding hydrogens is 294 g/mol. The summed E-state index contributed by atoms with van der Waals surface area (Å²) in [4.78, 5) is 23.6. The summed E-state index contributed by atoms with van der Waals surface area (Å²) in [7, 11) is 0. The van der Waals surface area contributed by atoms with Crippen molar-refractivity contribution in [2.75, 3.05) is 6.61 Å². The minimum Gasteiger partial charge on any atom is -0.490 e. The third-order valence-electron chi connectivity index (χ3n) is 2.91. The maximum absolute atomic E-state index is 11.8. The summed E-state index contributed by atoms with van der Waals surface area (Å²) in [6, 6.07) is 6.76. The Balaban J connectivity index is 2.67. The van der Waals surface area contributed by atoms with Gasteiger partial charge in [0.15, 0.2) is 5.78 Å². The molecule has 0 aliphatic carbocycles. The van der Waals surface area contributed by atoms with Crippen LogP contribution < -0.4 is 10.1 Å². The van der Waals surface area contributed by atoms with Crippen LogP contribution in [0.5, 0.6) is 5.75 Å². The molecule has 1 atom stereocenters. The number of carbonyl (C=O) groups excluding carboxylic acids is 2. The molecule has 0 heterocycles. The summed E-state index contributed by atoms with van der Waals surface area (Å²) in [5.74, 6) is 0.607. The summed E-state index contributed by atoms with van der Waals surface area (Å²) >= 11 is 0. The fourth-order valence-corrected chi connectivity index (χ4v) is 1.86. The Bertz CT molecular complexity index is 543. The van der Waals surface area contributed by atoms with E-state index in [1.807, 2.05) is 24.3 Å². The predicted molar refractivity (Wildman–Crippen MR) is 89.7 cm³/mol. The van der Waals surface area contributed by atoms with Crippen molar-refractivity contribution >= 4 is 11.9 Å². The number of amides is 1. The first-order chi connectivity index (χ1) is 10.7. The van der Waals surface area contributed by atoms with Crippen molar-refractivity contribution in [3.05, 3.63) is 42.5 Å². The van der Waals surface area contributed by atoms with Gasteiger partial charge in [0, 0.05) is 0 Å². The number of rotatable bonds is 7. The number of hydrogen-bond acceptors (Lipinski definition) is 4. The minimum atomic E-state index is -0.621. The zero-order valence-corrected chi connectivity index (χ0v) is 14.2. The summed E-state index contributed by atoms with van der Waals surface area (Å²) in [6.45, 7) is 10.8. The van der Waals surface area contributed by atoms with Crippen LogP contribution in [0.15, 0.2) is 36.9 Å². The first kappa shape index (κ1) is 18.7. The second kappa shape index (κ2) is 8.36. The van der Waals surface area contributed by atoms with Gasteiger partial charge in [-0.05, 0) is 51.8 Å². The molecule has 1 amide bonds. The Labute approximate surface area is 137 Å². The van der Waals surface area contributed by atoms with Crippen LogP contribution in [0, 0.1) is 0 Å². The molecule has 0 saturated carbocycles. The monoisotopic (exact) mass is 319 g/mol. The van der Waals surface area contributed by atoms with Crippen LogP contribution in [0.2, 0.25) is 0 Å². The number of benzene rings is 1. The molecule has 0 aromatic heterocycles. The molecule has 0 saturated heterocycles. The number of ether oxygens (including phenoxy) is 2. The number of Topliss-reactive ketones (excluding diaryl/α,β-unsaturated/α-hetero) is 1. The molecule has 1 aromatic rings. The Hall–Kier alpha value is -2.30. The van der Waals surface area contributed by atoms with Crippen LogP contribution in [0.3, 0.4) is 0 Å². The molecule has 5 heteroatoms. The molecule has 1 N–H and O–H groups in total. The lowest BCUT2D eigenvalue weighted by Crippen LogP contribution is -2.43. The fourth-order valence-electron chi connectivity index (χ4n) is 1.86. The van der Waals surface area contributed by atoms with Gasteiger partial charge in [-0.15, -0.1) is 0 Å². The van der Waals surface area contributed by atoms with Crippen molar-refractivity contribution in [2.24, 2.45) is 0 Å². The maximum Gasteiger partial charge on any atom is 0.408 e. The van der Waals surface area contributed by atoms with E-state index in [1.165, 1.54) is 6.92 Å². The van der Waals surface area contributed by atoms with Gasteiger partial charge in [0.2, 0.25) is 0 Å². The van der Waals surface area contributed by atoms with E-state index in [0.29, 0.717) is 13.0 Å². The number of ketones is 1. The molecule has 0 spiro atoms. The average Bonchev–Trinajstić information content (AvgIpc) is 2.43. The van der Waals surface area contributed by atoms with Gasteiger partial charge in [0.25, 0.3) is 0 Å². The molecule has 0 unspecified atom stereocenters. The highest BCUT2D eigenvalue weighted by Crippen LogP contribution is 2.14. The maximum atomic E-state index is 11.8. The molecule has 5 nitrogen and oxygen atoms in total. The van der Waals surface area contributed by atoms with Gasteiger partial charge in [-0.1, -0.05) is 24.8 Å². The van der Waals surface area contributed by atoms with E-state index in [4.69, 9.17) is 9.47 Å². The van der Waals surface area contributed by atoms with Crippen LogP contribution in [-0.2, 0) is 16.0 Å². The molecule has 0 fully saturated rings. The van der Waals surface area contributed by atoms with E-state index < -0.39 is 17.7 Å². The largest absolute Gasteiger partial charge is 0.490 e. The summed E-state index contributed by atoms with van der Waals surface area (Å²) in [5.41, 5.74) is 0.322. The minimum absolute atomic E-state index is 0.122. The Morgan fingerprint density at radius 2 is 1.87 bits per heavy atom. The predicted octanol–water partition coefficient (Wildman–Crippen LogP) is 3.28. The van der Waals surface area contributed by atoms with Crippen molar-refractivity contribution < 1.29 is 19.1 Å². The van der Waals surface area contributed by atoms with Gasteiger partial charge >= 0.3 is 6.09 Å². The van der Waals surface area contributed by atoms with E-state index in [9.17, 15) is 9.59 Å². The van der Waals surface area contributed by atoms with Gasteiger partial charge in [-0.3, -0.25) is 4.79 Å². The lowest BCUT2D eigenvalue weighted by molar-refractivity contribution is -0.119. The third-order valence-corrected chi connectivity index (χ3v) is 2.91. The summed E-state index contributed by atoms with van der Waals surface area (Å²) in [6.07, 6.45) is 1.48. The normalized spacial score (nSPS) is 12.2. The topological polar surface area (TPSA) is 64.6 Å². The van der Waals surface area contributed by atoms with E-state index in [2.05, 4.69) is 11.9 Å². The molecule has 0 bridgehead atoms. The van der Waals surface area contributed by atoms with Gasteiger partial charge in [0.1, 0.15) is 18.0 Å². The van der Waals surface area contributed by atoms with Crippen LogP contribution in [0.25, 0.3) is 0 Å². The highest BCUT2D eigenvalue weighted by atomic mass is 16.6. The molecule has 0 aliphatic rings. The zero-order valence-electron chi connectivity index (χ0n) is 14.2. The van der Waals surface area contributed by atoms with Crippen LogP contribution in [0.4, 0.5) is 4.79 Å². The standard InChI is InChI=1S/C18H25NO4/c1-6-11-22-15-9-7-14(8-10-15)12-16(13(2)20)19-17(21)23-18(3,4)5/h6-10,16H,1,11-12H2,2-5H3,(H,19,21)/t16-/m0/s1. The lowest BCUT2D eigenvalue weighted by Gasteiger charge is -2.22.